The number of hydrogen-bond donors (Lipinski definition) is 1. The predicted octanol–water partition coefficient (Wildman–Crippen LogP) is 2.52. The highest BCUT2D eigenvalue weighted by molar-refractivity contribution is 7.89. The van der Waals surface area contributed by atoms with E-state index >= 15 is 0 Å². The number of ether oxygens (including phenoxy) is 1. The number of fused-ring (bicyclic) bond motifs is 1. The lowest BCUT2D eigenvalue weighted by molar-refractivity contribution is 0.186. The number of nitrogens with one attached hydrogen (secondary N) is 1. The molecule has 0 bridgehead atoms. The maximum absolute atomic E-state index is 12.4. The third-order valence-electron chi connectivity index (χ3n) is 4.94. The molecule has 2 heterocycles. The Labute approximate surface area is 148 Å². The summed E-state index contributed by atoms with van der Waals surface area (Å²) in [6.45, 7) is 3.52. The van der Waals surface area contributed by atoms with Crippen molar-refractivity contribution in [2.24, 2.45) is 5.92 Å². The average molecular weight is 358 g/mol. The molecule has 0 aliphatic carbocycles. The van der Waals surface area contributed by atoms with Gasteiger partial charge >= 0.3 is 0 Å². The molecular formula is C19H22N2O3S. The molecule has 2 aliphatic rings. The molecule has 6 heteroatoms. The second kappa shape index (κ2) is 6.78. The van der Waals surface area contributed by atoms with E-state index < -0.39 is 10.0 Å². The van der Waals surface area contributed by atoms with Crippen LogP contribution in [0.4, 0.5) is 5.69 Å². The van der Waals surface area contributed by atoms with Crippen molar-refractivity contribution >= 4 is 15.7 Å². The van der Waals surface area contributed by atoms with Crippen molar-refractivity contribution in [1.82, 2.24) is 4.72 Å². The van der Waals surface area contributed by atoms with Crippen LogP contribution in [-0.2, 0) is 27.8 Å². The molecule has 1 unspecified atom stereocenters. The second-order valence-corrected chi connectivity index (χ2v) is 8.47. The Balaban J connectivity index is 1.43. The molecule has 5 nitrogen and oxygen atoms in total. The number of nitrogens with zero attached hydrogens (tertiary/aromatic N) is 1. The predicted molar refractivity (Wildman–Crippen MR) is 96.9 cm³/mol. The third-order valence-corrected chi connectivity index (χ3v) is 6.38. The van der Waals surface area contributed by atoms with Gasteiger partial charge in [-0.05, 0) is 47.7 Å². The first-order valence-corrected chi connectivity index (χ1v) is 10.1. The molecule has 1 saturated heterocycles. The van der Waals surface area contributed by atoms with Crippen LogP contribution >= 0.6 is 0 Å². The largest absolute Gasteiger partial charge is 0.381 e. The van der Waals surface area contributed by atoms with Crippen LogP contribution in [0.25, 0.3) is 0 Å². The highest BCUT2D eigenvalue weighted by Gasteiger charge is 2.22. The van der Waals surface area contributed by atoms with Crippen LogP contribution in [0.1, 0.15) is 17.5 Å². The number of rotatable bonds is 5. The van der Waals surface area contributed by atoms with Gasteiger partial charge < -0.3 is 9.64 Å². The summed E-state index contributed by atoms with van der Waals surface area (Å²) >= 11 is 0. The summed E-state index contributed by atoms with van der Waals surface area (Å²) in [6.07, 6.45) is 0.914. The van der Waals surface area contributed by atoms with E-state index in [4.69, 9.17) is 4.74 Å². The van der Waals surface area contributed by atoms with Gasteiger partial charge in [-0.3, -0.25) is 0 Å². The average Bonchev–Trinajstić information content (AvgIpc) is 3.29. The number of anilines is 1. The summed E-state index contributed by atoms with van der Waals surface area (Å²) in [5.74, 6) is 0.275. The molecular weight excluding hydrogens is 336 g/mol. The minimum Gasteiger partial charge on any atom is -0.381 e. The van der Waals surface area contributed by atoms with Crippen molar-refractivity contribution in [2.75, 3.05) is 24.7 Å². The Bertz CT molecular complexity index is 818. The van der Waals surface area contributed by atoms with Crippen LogP contribution in [0.2, 0.25) is 0 Å². The molecule has 1 fully saturated rings. The molecule has 25 heavy (non-hydrogen) atoms. The van der Waals surface area contributed by atoms with Gasteiger partial charge in [0.15, 0.2) is 0 Å². The summed E-state index contributed by atoms with van der Waals surface area (Å²) in [4.78, 5) is 2.57. The molecule has 132 valence electrons. The topological polar surface area (TPSA) is 58.6 Å². The molecule has 0 saturated carbocycles. The van der Waals surface area contributed by atoms with Gasteiger partial charge in [-0.15, -0.1) is 0 Å². The van der Waals surface area contributed by atoms with Crippen LogP contribution in [0.15, 0.2) is 53.4 Å². The zero-order valence-corrected chi connectivity index (χ0v) is 14.8. The van der Waals surface area contributed by atoms with Gasteiger partial charge in [-0.2, -0.15) is 0 Å². The lowest BCUT2D eigenvalue weighted by Gasteiger charge is -2.18. The van der Waals surface area contributed by atoms with Crippen LogP contribution in [0.3, 0.4) is 0 Å². The minimum absolute atomic E-state index is 0.275. The van der Waals surface area contributed by atoms with Crippen molar-refractivity contribution in [1.29, 1.82) is 0 Å². The first kappa shape index (κ1) is 16.6. The number of benzene rings is 2. The first-order valence-electron chi connectivity index (χ1n) is 8.61. The maximum Gasteiger partial charge on any atom is 0.240 e. The van der Waals surface area contributed by atoms with Crippen molar-refractivity contribution in [2.45, 2.75) is 24.4 Å². The Morgan fingerprint density at radius 2 is 1.72 bits per heavy atom. The summed E-state index contributed by atoms with van der Waals surface area (Å²) in [5.41, 5.74) is 3.71. The van der Waals surface area contributed by atoms with E-state index in [0.29, 0.717) is 18.0 Å². The van der Waals surface area contributed by atoms with Crippen LogP contribution in [0, 0.1) is 5.92 Å². The molecule has 2 aromatic rings. The van der Waals surface area contributed by atoms with E-state index in [1.54, 1.807) is 12.1 Å². The fraction of sp³-hybridized carbons (Fsp3) is 0.368. The van der Waals surface area contributed by atoms with E-state index in [1.165, 1.54) is 11.1 Å². The van der Waals surface area contributed by atoms with Crippen molar-refractivity contribution in [3.05, 3.63) is 59.7 Å². The summed E-state index contributed by atoms with van der Waals surface area (Å²) in [7, 11) is -3.47. The van der Waals surface area contributed by atoms with Crippen molar-refractivity contribution < 1.29 is 13.2 Å². The second-order valence-electron chi connectivity index (χ2n) is 6.70. The lowest BCUT2D eigenvalue weighted by Crippen LogP contribution is -2.29. The highest BCUT2D eigenvalue weighted by atomic mass is 32.2. The van der Waals surface area contributed by atoms with E-state index in [2.05, 4.69) is 33.9 Å². The highest BCUT2D eigenvalue weighted by Crippen LogP contribution is 2.28. The molecule has 1 atom stereocenters. The normalized spacial score (nSPS) is 20.0. The van der Waals surface area contributed by atoms with Gasteiger partial charge in [-0.1, -0.05) is 24.3 Å². The summed E-state index contributed by atoms with van der Waals surface area (Å²) < 4.78 is 32.9. The summed E-state index contributed by atoms with van der Waals surface area (Å²) in [5, 5.41) is 0. The van der Waals surface area contributed by atoms with Gasteiger partial charge in [-0.25, -0.2) is 13.1 Å². The first-order chi connectivity index (χ1) is 12.1. The fourth-order valence-corrected chi connectivity index (χ4v) is 4.52. The van der Waals surface area contributed by atoms with Crippen LogP contribution in [-0.4, -0.2) is 28.2 Å². The van der Waals surface area contributed by atoms with Crippen LogP contribution < -0.4 is 9.62 Å². The molecule has 1 N–H and O–H groups in total. The Hall–Kier alpha value is -1.89. The molecule has 0 spiro atoms. The van der Waals surface area contributed by atoms with Crippen molar-refractivity contribution in [3.63, 3.8) is 0 Å². The van der Waals surface area contributed by atoms with Crippen LogP contribution in [0.5, 0.6) is 0 Å². The quantitative estimate of drug-likeness (QED) is 0.892. The molecule has 0 amide bonds. The molecule has 2 aliphatic heterocycles. The number of sulfonamides is 1. The van der Waals surface area contributed by atoms with E-state index in [0.717, 1.165) is 31.8 Å². The Morgan fingerprint density at radius 3 is 2.32 bits per heavy atom. The van der Waals surface area contributed by atoms with Gasteiger partial charge in [0, 0.05) is 31.9 Å². The summed E-state index contributed by atoms with van der Waals surface area (Å²) in [6, 6.07) is 15.5. The van der Waals surface area contributed by atoms with E-state index in [9.17, 15) is 8.42 Å². The van der Waals surface area contributed by atoms with Gasteiger partial charge in [0.05, 0.1) is 11.5 Å². The number of hydrogen-bond acceptors (Lipinski definition) is 4. The zero-order chi connectivity index (χ0) is 17.3. The lowest BCUT2D eigenvalue weighted by atomic mass is 10.1. The van der Waals surface area contributed by atoms with Gasteiger partial charge in [0.1, 0.15) is 0 Å². The van der Waals surface area contributed by atoms with Crippen molar-refractivity contribution in [3.8, 4) is 0 Å². The van der Waals surface area contributed by atoms with Gasteiger partial charge in [0.25, 0.3) is 0 Å². The SMILES string of the molecule is O=S(=O)(NCC1CCOC1)c1ccc(N2Cc3ccccc3C2)cc1. The Morgan fingerprint density at radius 1 is 1.04 bits per heavy atom. The molecule has 4 rings (SSSR count). The minimum atomic E-state index is -3.47. The molecule has 0 aromatic heterocycles. The molecule has 0 radical (unpaired) electrons. The zero-order valence-electron chi connectivity index (χ0n) is 14.0. The van der Waals surface area contributed by atoms with E-state index in [-0.39, 0.29) is 5.92 Å². The Kier molecular flexibility index (Phi) is 4.50. The smallest absolute Gasteiger partial charge is 0.240 e. The standard InChI is InChI=1S/C19H22N2O3S/c22-25(23,20-11-15-9-10-24-14-15)19-7-5-18(6-8-19)21-12-16-3-1-2-4-17(16)13-21/h1-8,15,20H,9-14H2. The fourth-order valence-electron chi connectivity index (χ4n) is 3.41. The van der Waals surface area contributed by atoms with E-state index in [1.807, 2.05) is 12.1 Å². The molecule has 2 aromatic carbocycles. The van der Waals surface area contributed by atoms with Gasteiger partial charge in [0.2, 0.25) is 10.0 Å². The monoisotopic (exact) mass is 358 g/mol. The third kappa shape index (κ3) is 3.56. The maximum atomic E-state index is 12.4.